The minimum Gasteiger partial charge on any atom is -0.489 e. The molecule has 0 unspecified atom stereocenters. The number of nitrogen functional groups attached to an aromatic ring is 1. The molecule has 0 radical (unpaired) electrons. The molecule has 1 heterocycles. The second-order valence-electron chi connectivity index (χ2n) is 3.89. The predicted octanol–water partition coefficient (Wildman–Crippen LogP) is 3.53. The van der Waals surface area contributed by atoms with Crippen LogP contribution in [0.2, 0.25) is 0 Å². The number of benzene rings is 1. The molecule has 1 aromatic carbocycles. The van der Waals surface area contributed by atoms with Gasteiger partial charge in [0.15, 0.2) is 0 Å². The summed E-state index contributed by atoms with van der Waals surface area (Å²) in [5, 5.41) is 4.15. The van der Waals surface area contributed by atoms with Crippen LogP contribution in [-0.4, -0.2) is 0 Å². The molecule has 2 N–H and O–H groups in total. The van der Waals surface area contributed by atoms with Crippen molar-refractivity contribution in [3.63, 3.8) is 0 Å². The van der Waals surface area contributed by atoms with Crippen molar-refractivity contribution in [2.45, 2.75) is 20.5 Å². The number of ether oxygens (including phenoxy) is 1. The fourth-order valence-corrected chi connectivity index (χ4v) is 2.16. The topological polar surface area (TPSA) is 35.2 Å². The van der Waals surface area contributed by atoms with Crippen LogP contribution in [0.1, 0.15) is 16.7 Å². The molecule has 0 aliphatic rings. The van der Waals surface area contributed by atoms with E-state index >= 15 is 0 Å². The lowest BCUT2D eigenvalue weighted by Crippen LogP contribution is -1.98. The van der Waals surface area contributed by atoms with Crippen molar-refractivity contribution in [2.75, 3.05) is 5.73 Å². The summed E-state index contributed by atoms with van der Waals surface area (Å²) in [6.07, 6.45) is 0. The van der Waals surface area contributed by atoms with Crippen molar-refractivity contribution < 1.29 is 4.74 Å². The monoisotopic (exact) mass is 233 g/mol. The van der Waals surface area contributed by atoms with Crippen molar-refractivity contribution >= 4 is 17.0 Å². The molecule has 0 amide bonds. The zero-order chi connectivity index (χ0) is 11.5. The first kappa shape index (κ1) is 11.0. The molecule has 0 aliphatic carbocycles. The lowest BCUT2D eigenvalue weighted by Gasteiger charge is -2.10. The summed E-state index contributed by atoms with van der Waals surface area (Å²) in [5.41, 5.74) is 10.00. The first-order valence-corrected chi connectivity index (χ1v) is 6.11. The van der Waals surface area contributed by atoms with Crippen LogP contribution in [-0.2, 0) is 6.61 Å². The third-order valence-electron chi connectivity index (χ3n) is 2.54. The van der Waals surface area contributed by atoms with Crippen molar-refractivity contribution in [2.24, 2.45) is 0 Å². The van der Waals surface area contributed by atoms with Gasteiger partial charge in [-0.25, -0.2) is 0 Å². The fourth-order valence-electron chi connectivity index (χ4n) is 1.50. The summed E-state index contributed by atoms with van der Waals surface area (Å²) in [4.78, 5) is 0. The Kier molecular flexibility index (Phi) is 3.15. The van der Waals surface area contributed by atoms with Gasteiger partial charge in [0.2, 0.25) is 0 Å². The van der Waals surface area contributed by atoms with E-state index in [4.69, 9.17) is 10.5 Å². The van der Waals surface area contributed by atoms with Gasteiger partial charge >= 0.3 is 0 Å². The third kappa shape index (κ3) is 2.36. The first-order valence-electron chi connectivity index (χ1n) is 5.17. The predicted molar refractivity (Wildman–Crippen MR) is 69.0 cm³/mol. The van der Waals surface area contributed by atoms with E-state index in [1.165, 1.54) is 5.56 Å². The fraction of sp³-hybridized carbons (Fsp3) is 0.231. The van der Waals surface area contributed by atoms with Crippen LogP contribution in [0.5, 0.6) is 5.75 Å². The highest BCUT2D eigenvalue weighted by molar-refractivity contribution is 7.07. The van der Waals surface area contributed by atoms with Crippen LogP contribution in [0.25, 0.3) is 0 Å². The normalized spacial score (nSPS) is 10.4. The number of hydrogen-bond acceptors (Lipinski definition) is 3. The maximum atomic E-state index is 5.83. The number of nitrogens with two attached hydrogens (primary N) is 1. The zero-order valence-corrected chi connectivity index (χ0v) is 10.3. The number of anilines is 1. The Morgan fingerprint density at radius 2 is 2.06 bits per heavy atom. The minimum atomic E-state index is 0.619. The molecule has 0 aliphatic heterocycles. The molecule has 2 rings (SSSR count). The Hall–Kier alpha value is -1.48. The minimum absolute atomic E-state index is 0.619. The number of rotatable bonds is 3. The summed E-state index contributed by atoms with van der Waals surface area (Å²) >= 11 is 1.68. The molecule has 1 aromatic heterocycles. The van der Waals surface area contributed by atoms with Crippen LogP contribution in [0.4, 0.5) is 5.69 Å². The average Bonchev–Trinajstić information content (AvgIpc) is 2.74. The zero-order valence-electron chi connectivity index (χ0n) is 9.49. The largest absolute Gasteiger partial charge is 0.489 e. The maximum Gasteiger partial charge on any atom is 0.123 e. The standard InChI is InChI=1S/C13H15NOS/c1-9-6-13(10(2)5-12(9)14)15-7-11-3-4-16-8-11/h3-6,8H,7,14H2,1-2H3. The van der Waals surface area contributed by atoms with Gasteiger partial charge in [0.05, 0.1) is 0 Å². The van der Waals surface area contributed by atoms with Crippen molar-refractivity contribution in [3.05, 3.63) is 45.6 Å². The van der Waals surface area contributed by atoms with Crippen molar-refractivity contribution in [3.8, 4) is 5.75 Å². The van der Waals surface area contributed by atoms with E-state index in [1.54, 1.807) is 11.3 Å². The van der Waals surface area contributed by atoms with Crippen LogP contribution < -0.4 is 10.5 Å². The van der Waals surface area contributed by atoms with Gasteiger partial charge in [0, 0.05) is 5.69 Å². The van der Waals surface area contributed by atoms with Gasteiger partial charge in [0.25, 0.3) is 0 Å². The third-order valence-corrected chi connectivity index (χ3v) is 3.27. The molecule has 3 heteroatoms. The summed E-state index contributed by atoms with van der Waals surface area (Å²) in [5.74, 6) is 0.915. The van der Waals surface area contributed by atoms with Gasteiger partial charge < -0.3 is 10.5 Å². The lowest BCUT2D eigenvalue weighted by atomic mass is 10.1. The molecule has 0 saturated carbocycles. The van der Waals surface area contributed by atoms with E-state index in [-0.39, 0.29) is 0 Å². The molecule has 0 bridgehead atoms. The highest BCUT2D eigenvalue weighted by Crippen LogP contribution is 2.25. The van der Waals surface area contributed by atoms with Crippen LogP contribution in [0.3, 0.4) is 0 Å². The highest BCUT2D eigenvalue weighted by Gasteiger charge is 2.03. The van der Waals surface area contributed by atoms with E-state index < -0.39 is 0 Å². The van der Waals surface area contributed by atoms with Crippen molar-refractivity contribution in [1.82, 2.24) is 0 Å². The molecule has 0 fully saturated rings. The number of aryl methyl sites for hydroxylation is 2. The Morgan fingerprint density at radius 1 is 1.25 bits per heavy atom. The second-order valence-corrected chi connectivity index (χ2v) is 4.67. The lowest BCUT2D eigenvalue weighted by molar-refractivity contribution is 0.304. The summed E-state index contributed by atoms with van der Waals surface area (Å²) in [6.45, 7) is 4.62. The molecule has 0 saturated heterocycles. The quantitative estimate of drug-likeness (QED) is 0.823. The van der Waals surface area contributed by atoms with E-state index in [1.807, 2.05) is 26.0 Å². The van der Waals surface area contributed by atoms with Crippen LogP contribution >= 0.6 is 11.3 Å². The van der Waals surface area contributed by atoms with E-state index in [0.717, 1.165) is 22.6 Å². The molecular weight excluding hydrogens is 218 g/mol. The summed E-state index contributed by atoms with van der Waals surface area (Å²) in [6, 6.07) is 6.03. The Bertz CT molecular complexity index is 477. The Morgan fingerprint density at radius 3 is 2.75 bits per heavy atom. The molecule has 0 spiro atoms. The first-order chi connectivity index (χ1) is 7.66. The van der Waals surface area contributed by atoms with Crippen LogP contribution in [0, 0.1) is 13.8 Å². The summed E-state index contributed by atoms with van der Waals surface area (Å²) in [7, 11) is 0. The maximum absolute atomic E-state index is 5.83. The van der Waals surface area contributed by atoms with Gasteiger partial charge in [-0.1, -0.05) is 0 Å². The van der Waals surface area contributed by atoms with E-state index in [9.17, 15) is 0 Å². The Labute approximate surface area is 99.7 Å². The molecule has 84 valence electrons. The smallest absolute Gasteiger partial charge is 0.123 e. The molecule has 2 nitrogen and oxygen atoms in total. The average molecular weight is 233 g/mol. The molecule has 16 heavy (non-hydrogen) atoms. The van der Waals surface area contributed by atoms with E-state index in [2.05, 4.69) is 16.8 Å². The highest BCUT2D eigenvalue weighted by atomic mass is 32.1. The number of hydrogen-bond donors (Lipinski definition) is 1. The van der Waals surface area contributed by atoms with Crippen molar-refractivity contribution in [1.29, 1.82) is 0 Å². The SMILES string of the molecule is Cc1cc(OCc2ccsc2)c(C)cc1N. The molecular formula is C13H15NOS. The molecule has 0 atom stereocenters. The van der Waals surface area contributed by atoms with Gasteiger partial charge in [-0.3, -0.25) is 0 Å². The van der Waals surface area contributed by atoms with Gasteiger partial charge in [-0.2, -0.15) is 11.3 Å². The summed E-state index contributed by atoms with van der Waals surface area (Å²) < 4.78 is 5.77. The Balaban J connectivity index is 2.12. The molecule has 2 aromatic rings. The van der Waals surface area contributed by atoms with E-state index in [0.29, 0.717) is 6.61 Å². The van der Waals surface area contributed by atoms with Gasteiger partial charge in [0.1, 0.15) is 12.4 Å². The van der Waals surface area contributed by atoms with Crippen LogP contribution in [0.15, 0.2) is 29.0 Å². The van der Waals surface area contributed by atoms with Gasteiger partial charge in [-0.05, 0) is 59.5 Å². The van der Waals surface area contributed by atoms with Gasteiger partial charge in [-0.15, -0.1) is 0 Å². The second kappa shape index (κ2) is 4.58. The number of thiophene rings is 1.